The highest BCUT2D eigenvalue weighted by Crippen LogP contribution is 2.15. The zero-order chi connectivity index (χ0) is 12.4. The SMILES string of the molecule is Cc1ccc(NCc2nc(C)c(C)o2)cc1C. The number of rotatable bonds is 3. The summed E-state index contributed by atoms with van der Waals surface area (Å²) in [5, 5.41) is 3.31. The van der Waals surface area contributed by atoms with E-state index in [-0.39, 0.29) is 0 Å². The Bertz CT molecular complexity index is 510. The summed E-state index contributed by atoms with van der Waals surface area (Å²) in [5.41, 5.74) is 4.65. The third-order valence-corrected chi connectivity index (χ3v) is 3.02. The summed E-state index contributed by atoms with van der Waals surface area (Å²) in [6, 6.07) is 6.33. The van der Waals surface area contributed by atoms with Crippen molar-refractivity contribution in [1.29, 1.82) is 0 Å². The van der Waals surface area contributed by atoms with E-state index in [1.807, 2.05) is 13.8 Å². The summed E-state index contributed by atoms with van der Waals surface area (Å²) in [6.07, 6.45) is 0. The molecule has 0 aliphatic rings. The van der Waals surface area contributed by atoms with Crippen LogP contribution in [-0.4, -0.2) is 4.98 Å². The highest BCUT2D eigenvalue weighted by atomic mass is 16.4. The first-order chi connectivity index (χ1) is 8.06. The molecule has 0 bridgehead atoms. The van der Waals surface area contributed by atoms with Gasteiger partial charge in [0.15, 0.2) is 0 Å². The normalized spacial score (nSPS) is 10.6. The molecular weight excluding hydrogens is 212 g/mol. The number of nitrogens with zero attached hydrogens (tertiary/aromatic N) is 1. The summed E-state index contributed by atoms with van der Waals surface area (Å²) in [5.74, 6) is 1.63. The van der Waals surface area contributed by atoms with Crippen LogP contribution in [0.15, 0.2) is 22.6 Å². The van der Waals surface area contributed by atoms with Crippen LogP contribution < -0.4 is 5.32 Å². The summed E-state index contributed by atoms with van der Waals surface area (Å²) in [4.78, 5) is 4.34. The van der Waals surface area contributed by atoms with Crippen LogP contribution in [0.1, 0.15) is 28.5 Å². The van der Waals surface area contributed by atoms with Crippen LogP contribution in [0.2, 0.25) is 0 Å². The number of oxazole rings is 1. The van der Waals surface area contributed by atoms with Crippen molar-refractivity contribution in [2.45, 2.75) is 34.2 Å². The highest BCUT2D eigenvalue weighted by molar-refractivity contribution is 5.48. The summed E-state index contributed by atoms with van der Waals surface area (Å²) in [7, 11) is 0. The van der Waals surface area contributed by atoms with E-state index in [9.17, 15) is 0 Å². The molecule has 0 saturated heterocycles. The van der Waals surface area contributed by atoms with Crippen LogP contribution >= 0.6 is 0 Å². The third kappa shape index (κ3) is 2.67. The van der Waals surface area contributed by atoms with Gasteiger partial charge in [0.1, 0.15) is 5.76 Å². The number of aryl methyl sites for hydroxylation is 4. The molecule has 17 heavy (non-hydrogen) atoms. The molecule has 2 rings (SSSR count). The molecule has 1 aromatic carbocycles. The zero-order valence-electron chi connectivity index (χ0n) is 10.8. The van der Waals surface area contributed by atoms with E-state index in [4.69, 9.17) is 4.42 Å². The lowest BCUT2D eigenvalue weighted by molar-refractivity contribution is 0.478. The van der Waals surface area contributed by atoms with Gasteiger partial charge in [-0.15, -0.1) is 0 Å². The fourth-order valence-corrected chi connectivity index (χ4v) is 1.64. The molecule has 0 atom stereocenters. The third-order valence-electron chi connectivity index (χ3n) is 3.02. The van der Waals surface area contributed by atoms with Gasteiger partial charge >= 0.3 is 0 Å². The van der Waals surface area contributed by atoms with Crippen LogP contribution in [0.4, 0.5) is 5.69 Å². The molecule has 0 radical (unpaired) electrons. The first-order valence-corrected chi connectivity index (χ1v) is 5.80. The van der Waals surface area contributed by atoms with Gasteiger partial charge in [0.05, 0.1) is 12.2 Å². The maximum Gasteiger partial charge on any atom is 0.213 e. The van der Waals surface area contributed by atoms with Gasteiger partial charge in [0.2, 0.25) is 5.89 Å². The second kappa shape index (κ2) is 4.62. The Morgan fingerprint density at radius 3 is 2.47 bits per heavy atom. The van der Waals surface area contributed by atoms with Crippen LogP contribution in [0.3, 0.4) is 0 Å². The first kappa shape index (κ1) is 11.7. The molecule has 0 spiro atoms. The summed E-state index contributed by atoms with van der Waals surface area (Å²) < 4.78 is 5.52. The van der Waals surface area contributed by atoms with Gasteiger partial charge in [-0.25, -0.2) is 4.98 Å². The molecular formula is C14H18N2O. The fourth-order valence-electron chi connectivity index (χ4n) is 1.64. The van der Waals surface area contributed by atoms with Crippen molar-refractivity contribution in [2.24, 2.45) is 0 Å². The van der Waals surface area contributed by atoms with Crippen molar-refractivity contribution in [1.82, 2.24) is 4.98 Å². The van der Waals surface area contributed by atoms with Crippen molar-refractivity contribution in [2.75, 3.05) is 5.32 Å². The maximum atomic E-state index is 5.52. The Labute approximate surface area is 102 Å². The van der Waals surface area contributed by atoms with Gasteiger partial charge in [-0.1, -0.05) is 6.07 Å². The van der Waals surface area contributed by atoms with Gasteiger partial charge in [-0.05, 0) is 51.0 Å². The molecule has 1 heterocycles. The average Bonchev–Trinajstić information content (AvgIpc) is 2.60. The monoisotopic (exact) mass is 230 g/mol. The first-order valence-electron chi connectivity index (χ1n) is 5.80. The minimum Gasteiger partial charge on any atom is -0.444 e. The standard InChI is InChI=1S/C14H18N2O/c1-9-5-6-13(7-10(9)2)15-8-14-16-11(3)12(4)17-14/h5-7,15H,8H2,1-4H3. The van der Waals surface area contributed by atoms with Crippen molar-refractivity contribution < 1.29 is 4.42 Å². The smallest absolute Gasteiger partial charge is 0.213 e. The van der Waals surface area contributed by atoms with Gasteiger partial charge in [-0.2, -0.15) is 0 Å². The number of benzene rings is 1. The van der Waals surface area contributed by atoms with Crippen molar-refractivity contribution in [3.63, 3.8) is 0 Å². The number of nitrogens with one attached hydrogen (secondary N) is 1. The Balaban J connectivity index is 2.04. The Kier molecular flexibility index (Phi) is 3.18. The number of aromatic nitrogens is 1. The molecule has 0 aliphatic carbocycles. The molecule has 3 nitrogen and oxygen atoms in total. The minimum atomic E-state index is 0.622. The molecule has 0 unspecified atom stereocenters. The van der Waals surface area contributed by atoms with Crippen molar-refractivity contribution in [3.05, 3.63) is 46.7 Å². The molecule has 0 saturated carbocycles. The highest BCUT2D eigenvalue weighted by Gasteiger charge is 2.05. The van der Waals surface area contributed by atoms with Crippen LogP contribution in [0, 0.1) is 27.7 Å². The van der Waals surface area contributed by atoms with Gasteiger partial charge in [-0.3, -0.25) is 0 Å². The van der Waals surface area contributed by atoms with Gasteiger partial charge in [0.25, 0.3) is 0 Å². The summed E-state index contributed by atoms with van der Waals surface area (Å²) >= 11 is 0. The molecule has 0 aliphatic heterocycles. The van der Waals surface area contributed by atoms with Crippen LogP contribution in [0.25, 0.3) is 0 Å². The van der Waals surface area contributed by atoms with E-state index >= 15 is 0 Å². The van der Waals surface area contributed by atoms with Crippen LogP contribution in [0.5, 0.6) is 0 Å². The molecule has 0 amide bonds. The lowest BCUT2D eigenvalue weighted by Gasteiger charge is -2.06. The minimum absolute atomic E-state index is 0.622. The zero-order valence-corrected chi connectivity index (χ0v) is 10.8. The van der Waals surface area contributed by atoms with Crippen molar-refractivity contribution in [3.8, 4) is 0 Å². The topological polar surface area (TPSA) is 38.1 Å². The lowest BCUT2D eigenvalue weighted by Crippen LogP contribution is -2.00. The Morgan fingerprint density at radius 2 is 1.88 bits per heavy atom. The fraction of sp³-hybridized carbons (Fsp3) is 0.357. The lowest BCUT2D eigenvalue weighted by atomic mass is 10.1. The van der Waals surface area contributed by atoms with Gasteiger partial charge < -0.3 is 9.73 Å². The summed E-state index contributed by atoms with van der Waals surface area (Å²) in [6.45, 7) is 8.73. The van der Waals surface area contributed by atoms with Gasteiger partial charge in [0, 0.05) is 5.69 Å². The molecule has 2 aromatic rings. The molecule has 90 valence electrons. The molecule has 3 heteroatoms. The maximum absolute atomic E-state index is 5.52. The van der Waals surface area contributed by atoms with Crippen LogP contribution in [-0.2, 0) is 6.54 Å². The number of hydrogen-bond donors (Lipinski definition) is 1. The second-order valence-electron chi connectivity index (χ2n) is 4.40. The average molecular weight is 230 g/mol. The number of hydrogen-bond acceptors (Lipinski definition) is 3. The van der Waals surface area contributed by atoms with E-state index in [1.54, 1.807) is 0 Å². The molecule has 1 aromatic heterocycles. The van der Waals surface area contributed by atoms with Crippen molar-refractivity contribution >= 4 is 5.69 Å². The largest absolute Gasteiger partial charge is 0.444 e. The van der Waals surface area contributed by atoms with E-state index in [0.717, 1.165) is 23.0 Å². The Morgan fingerprint density at radius 1 is 1.12 bits per heavy atom. The molecule has 0 fully saturated rings. The van der Waals surface area contributed by atoms with E-state index in [2.05, 4.69) is 42.3 Å². The second-order valence-corrected chi connectivity index (χ2v) is 4.40. The molecule has 1 N–H and O–H groups in total. The number of anilines is 1. The quantitative estimate of drug-likeness (QED) is 0.876. The van der Waals surface area contributed by atoms with E-state index in [1.165, 1.54) is 11.1 Å². The van der Waals surface area contributed by atoms with E-state index in [0.29, 0.717) is 6.54 Å². The van der Waals surface area contributed by atoms with E-state index < -0.39 is 0 Å². The predicted octanol–water partition coefficient (Wildman–Crippen LogP) is 3.52. The Hall–Kier alpha value is -1.77. The predicted molar refractivity (Wildman–Crippen MR) is 69.2 cm³/mol.